The van der Waals surface area contributed by atoms with Gasteiger partial charge >= 0.3 is 0 Å². The summed E-state index contributed by atoms with van der Waals surface area (Å²) in [6.07, 6.45) is 3.89. The summed E-state index contributed by atoms with van der Waals surface area (Å²) in [7, 11) is 0. The lowest BCUT2D eigenvalue weighted by Gasteiger charge is -2.06. The van der Waals surface area contributed by atoms with Crippen LogP contribution in [0.15, 0.2) is 12.3 Å². The third-order valence-electron chi connectivity index (χ3n) is 0.748. The van der Waals surface area contributed by atoms with Gasteiger partial charge in [-0.25, -0.2) is 0 Å². The van der Waals surface area contributed by atoms with Crippen molar-refractivity contribution < 1.29 is 5.11 Å². The van der Waals surface area contributed by atoms with Crippen LogP contribution in [0.25, 0.3) is 0 Å². The fraction of sp³-hybridized carbons (Fsp3) is 0.500. The summed E-state index contributed by atoms with van der Waals surface area (Å²) in [4.78, 5) is 0. The van der Waals surface area contributed by atoms with Crippen molar-refractivity contribution in [1.82, 2.24) is 4.31 Å². The smallest absolute Gasteiger partial charge is 0.125 e. The summed E-state index contributed by atoms with van der Waals surface area (Å²) in [6.45, 7) is 0.126. The molecule has 0 aromatic rings. The van der Waals surface area contributed by atoms with Gasteiger partial charge in [0.05, 0.1) is 0 Å². The maximum atomic E-state index is 8.42. The Morgan fingerprint density at radius 3 is 3.00 bits per heavy atom. The molecule has 0 saturated heterocycles. The van der Waals surface area contributed by atoms with Crippen LogP contribution in [0.5, 0.6) is 0 Å². The minimum absolute atomic E-state index is 0.126. The van der Waals surface area contributed by atoms with Crippen molar-refractivity contribution in [3.05, 3.63) is 12.3 Å². The minimum atomic E-state index is 0.126. The molecule has 1 rings (SSSR count). The highest BCUT2D eigenvalue weighted by Crippen LogP contribution is 2.14. The number of nitrogens with zero attached hydrogens (tertiary/aromatic N) is 1. The van der Waals surface area contributed by atoms with E-state index in [-0.39, 0.29) is 6.73 Å². The van der Waals surface area contributed by atoms with Crippen molar-refractivity contribution in [1.29, 1.82) is 0 Å². The van der Waals surface area contributed by atoms with Gasteiger partial charge in [0, 0.05) is 12.0 Å². The minimum Gasteiger partial charge on any atom is -0.375 e. The molecule has 7 heavy (non-hydrogen) atoms. The lowest BCUT2D eigenvalue weighted by molar-refractivity contribution is 0.224. The summed E-state index contributed by atoms with van der Waals surface area (Å²) in [6, 6.07) is 0. The normalized spacial score (nSPS) is 18.7. The van der Waals surface area contributed by atoms with E-state index in [9.17, 15) is 0 Å². The van der Waals surface area contributed by atoms with Crippen LogP contribution in [0.2, 0.25) is 0 Å². The van der Waals surface area contributed by atoms with Gasteiger partial charge in [-0.1, -0.05) is 6.08 Å². The molecule has 0 atom stereocenters. The molecule has 0 spiro atoms. The van der Waals surface area contributed by atoms with E-state index in [4.69, 9.17) is 5.11 Å². The largest absolute Gasteiger partial charge is 0.375 e. The summed E-state index contributed by atoms with van der Waals surface area (Å²) in [5.41, 5.74) is 0. The maximum Gasteiger partial charge on any atom is 0.125 e. The van der Waals surface area contributed by atoms with Crippen LogP contribution in [0, 0.1) is 0 Å². The first-order valence-electron chi connectivity index (χ1n) is 2.10. The van der Waals surface area contributed by atoms with Crippen LogP contribution in [-0.2, 0) is 0 Å². The molecule has 3 heteroatoms. The number of aliphatic hydroxyl groups is 1. The molecule has 0 bridgehead atoms. The number of rotatable bonds is 1. The van der Waals surface area contributed by atoms with Crippen molar-refractivity contribution in [3.63, 3.8) is 0 Å². The van der Waals surface area contributed by atoms with Crippen LogP contribution < -0.4 is 0 Å². The molecule has 0 saturated carbocycles. The zero-order chi connectivity index (χ0) is 5.11. The molecule has 40 valence electrons. The van der Waals surface area contributed by atoms with Gasteiger partial charge in [0.25, 0.3) is 0 Å². The van der Waals surface area contributed by atoms with E-state index in [2.05, 4.69) is 0 Å². The zero-order valence-corrected chi connectivity index (χ0v) is 4.69. The SMILES string of the molecule is OCN1C=CCS1. The molecule has 0 aromatic heterocycles. The van der Waals surface area contributed by atoms with Gasteiger partial charge in [0.1, 0.15) is 6.73 Å². The summed E-state index contributed by atoms with van der Waals surface area (Å²) in [5.74, 6) is 1.00. The Labute approximate surface area is 47.0 Å². The van der Waals surface area contributed by atoms with E-state index in [0.29, 0.717) is 0 Å². The second-order valence-electron chi connectivity index (χ2n) is 1.24. The van der Waals surface area contributed by atoms with Crippen LogP contribution in [0.1, 0.15) is 0 Å². The van der Waals surface area contributed by atoms with Crippen molar-refractivity contribution >= 4 is 11.9 Å². The van der Waals surface area contributed by atoms with E-state index in [1.54, 1.807) is 16.3 Å². The number of hydrogen-bond acceptors (Lipinski definition) is 3. The first-order valence-corrected chi connectivity index (χ1v) is 3.05. The zero-order valence-electron chi connectivity index (χ0n) is 3.87. The number of hydrogen-bond donors (Lipinski definition) is 1. The van der Waals surface area contributed by atoms with E-state index in [1.807, 2.05) is 12.3 Å². The van der Waals surface area contributed by atoms with Crippen molar-refractivity contribution in [2.75, 3.05) is 12.5 Å². The molecule has 2 nitrogen and oxygen atoms in total. The molecular formula is C4H7NOS. The Bertz CT molecular complexity index is 83.8. The Hall–Kier alpha value is -0.150. The van der Waals surface area contributed by atoms with Crippen LogP contribution >= 0.6 is 11.9 Å². The first kappa shape index (κ1) is 5.00. The third-order valence-corrected chi connectivity index (χ3v) is 1.66. The van der Waals surface area contributed by atoms with E-state index in [1.165, 1.54) is 0 Å². The molecule has 0 aromatic carbocycles. The Morgan fingerprint density at radius 2 is 2.71 bits per heavy atom. The predicted molar refractivity (Wildman–Crippen MR) is 30.5 cm³/mol. The summed E-state index contributed by atoms with van der Waals surface area (Å²) in [5, 5.41) is 8.42. The molecule has 1 N–H and O–H groups in total. The van der Waals surface area contributed by atoms with Gasteiger partial charge in [0.15, 0.2) is 0 Å². The molecule has 0 amide bonds. The molecule has 0 radical (unpaired) electrons. The topological polar surface area (TPSA) is 23.5 Å². The average molecular weight is 117 g/mol. The number of aliphatic hydroxyl groups excluding tert-OH is 1. The van der Waals surface area contributed by atoms with E-state index >= 15 is 0 Å². The fourth-order valence-corrected chi connectivity index (χ4v) is 1.05. The highest BCUT2D eigenvalue weighted by molar-refractivity contribution is 7.97. The Kier molecular flexibility index (Phi) is 1.59. The van der Waals surface area contributed by atoms with Crippen LogP contribution in [0.3, 0.4) is 0 Å². The summed E-state index contributed by atoms with van der Waals surface area (Å²) >= 11 is 1.61. The molecule has 0 aliphatic carbocycles. The lowest BCUT2D eigenvalue weighted by atomic mass is 10.7. The highest BCUT2D eigenvalue weighted by atomic mass is 32.2. The van der Waals surface area contributed by atoms with Crippen LogP contribution in [-0.4, -0.2) is 21.9 Å². The van der Waals surface area contributed by atoms with Gasteiger partial charge in [-0.05, 0) is 11.9 Å². The Balaban J connectivity index is 2.28. The molecule has 0 unspecified atom stereocenters. The third kappa shape index (κ3) is 1.11. The van der Waals surface area contributed by atoms with Gasteiger partial charge in [0.2, 0.25) is 0 Å². The quantitative estimate of drug-likeness (QED) is 0.503. The molecule has 1 aliphatic heterocycles. The van der Waals surface area contributed by atoms with Gasteiger partial charge in [-0.3, -0.25) is 4.31 Å². The second kappa shape index (κ2) is 2.23. The fourth-order valence-electron chi connectivity index (χ4n) is 0.430. The molecule has 0 fully saturated rings. The van der Waals surface area contributed by atoms with E-state index in [0.717, 1.165) is 5.75 Å². The maximum absolute atomic E-state index is 8.42. The molecule has 1 heterocycles. The highest BCUT2D eigenvalue weighted by Gasteiger charge is 1.99. The van der Waals surface area contributed by atoms with Crippen molar-refractivity contribution in [3.8, 4) is 0 Å². The second-order valence-corrected chi connectivity index (χ2v) is 2.30. The molecular weight excluding hydrogens is 110 g/mol. The van der Waals surface area contributed by atoms with Crippen LogP contribution in [0.4, 0.5) is 0 Å². The van der Waals surface area contributed by atoms with Gasteiger partial charge in [-0.2, -0.15) is 0 Å². The van der Waals surface area contributed by atoms with Gasteiger partial charge < -0.3 is 5.11 Å². The van der Waals surface area contributed by atoms with Crippen molar-refractivity contribution in [2.24, 2.45) is 0 Å². The van der Waals surface area contributed by atoms with Gasteiger partial charge in [-0.15, -0.1) is 0 Å². The predicted octanol–water partition coefficient (Wildman–Crippen LogP) is 0.414. The van der Waals surface area contributed by atoms with E-state index < -0.39 is 0 Å². The standard InChI is InChI=1S/C4H7NOS/c6-4-5-2-1-3-7-5/h1-2,6H,3-4H2. The Morgan fingerprint density at radius 1 is 1.86 bits per heavy atom. The average Bonchev–Trinajstić information content (AvgIpc) is 2.14. The monoisotopic (exact) mass is 117 g/mol. The lowest BCUT2D eigenvalue weighted by Crippen LogP contribution is -2.04. The molecule has 1 aliphatic rings. The van der Waals surface area contributed by atoms with Crippen molar-refractivity contribution in [2.45, 2.75) is 0 Å². The summed E-state index contributed by atoms with van der Waals surface area (Å²) < 4.78 is 1.78. The first-order chi connectivity index (χ1) is 3.43.